The quantitative estimate of drug-likeness (QED) is 0.711. The van der Waals surface area contributed by atoms with Crippen molar-refractivity contribution in [3.8, 4) is 0 Å². The van der Waals surface area contributed by atoms with Gasteiger partial charge < -0.3 is 5.11 Å². The van der Waals surface area contributed by atoms with Crippen molar-refractivity contribution in [3.63, 3.8) is 0 Å². The van der Waals surface area contributed by atoms with Crippen LogP contribution in [0.25, 0.3) is 0 Å². The number of rotatable bonds is 4. The Bertz CT molecular complexity index is 222. The molecule has 0 radical (unpaired) electrons. The number of imide groups is 1. The summed E-state index contributed by atoms with van der Waals surface area (Å²) >= 11 is 0. The summed E-state index contributed by atoms with van der Waals surface area (Å²) in [4.78, 5) is 24.4. The molecule has 86 valence electrons. The Morgan fingerprint density at radius 2 is 1.80 bits per heavy atom. The molecule has 1 fully saturated rings. The summed E-state index contributed by atoms with van der Waals surface area (Å²) in [5.74, 6) is -0.165. The average molecular weight is 213 g/mol. The molecule has 4 heteroatoms. The van der Waals surface area contributed by atoms with Crippen molar-refractivity contribution < 1.29 is 14.7 Å². The lowest BCUT2D eigenvalue weighted by atomic mass is 10.2. The van der Waals surface area contributed by atoms with E-state index in [1.807, 2.05) is 6.92 Å². The van der Waals surface area contributed by atoms with E-state index >= 15 is 0 Å². The Morgan fingerprint density at radius 3 is 2.27 bits per heavy atom. The van der Waals surface area contributed by atoms with Crippen LogP contribution in [0.2, 0.25) is 0 Å². The fraction of sp³-hybridized carbons (Fsp3) is 0.818. The summed E-state index contributed by atoms with van der Waals surface area (Å²) in [6.45, 7) is 2.25. The second-order valence-corrected chi connectivity index (χ2v) is 4.00. The third-order valence-electron chi connectivity index (χ3n) is 2.79. The summed E-state index contributed by atoms with van der Waals surface area (Å²) in [5, 5.41) is 9.38. The molecule has 1 rings (SSSR count). The molecule has 15 heavy (non-hydrogen) atoms. The van der Waals surface area contributed by atoms with Gasteiger partial charge in [0.1, 0.15) is 0 Å². The topological polar surface area (TPSA) is 57.6 Å². The highest BCUT2D eigenvalue weighted by molar-refractivity contribution is 5.95. The molecule has 0 saturated carbocycles. The van der Waals surface area contributed by atoms with Crippen molar-refractivity contribution in [1.29, 1.82) is 0 Å². The third kappa shape index (κ3) is 3.63. The highest BCUT2D eigenvalue weighted by Gasteiger charge is 2.23. The van der Waals surface area contributed by atoms with Crippen molar-refractivity contribution in [2.24, 2.45) is 0 Å². The van der Waals surface area contributed by atoms with Crippen molar-refractivity contribution in [3.05, 3.63) is 0 Å². The van der Waals surface area contributed by atoms with Crippen LogP contribution in [-0.2, 0) is 9.59 Å². The van der Waals surface area contributed by atoms with E-state index in [-0.39, 0.29) is 11.8 Å². The number of carbonyl (C=O) groups is 2. The van der Waals surface area contributed by atoms with E-state index < -0.39 is 6.10 Å². The molecule has 0 aromatic carbocycles. The second-order valence-electron chi connectivity index (χ2n) is 4.00. The maximum Gasteiger partial charge on any atom is 0.229 e. The van der Waals surface area contributed by atoms with Gasteiger partial charge in [-0.2, -0.15) is 0 Å². The molecule has 1 unspecified atom stereocenters. The number of hydrogen-bond donors (Lipinski definition) is 1. The van der Waals surface area contributed by atoms with E-state index in [0.717, 1.165) is 12.8 Å². The van der Waals surface area contributed by atoms with Crippen molar-refractivity contribution in [2.45, 2.75) is 51.6 Å². The number of amides is 2. The minimum Gasteiger partial charge on any atom is -0.393 e. The van der Waals surface area contributed by atoms with Crippen LogP contribution in [0.3, 0.4) is 0 Å². The van der Waals surface area contributed by atoms with E-state index in [4.69, 9.17) is 0 Å². The van der Waals surface area contributed by atoms with Gasteiger partial charge in [-0.15, -0.1) is 0 Å². The third-order valence-corrected chi connectivity index (χ3v) is 2.79. The predicted octanol–water partition coefficient (Wildman–Crippen LogP) is 1.08. The molecule has 0 aliphatic carbocycles. The second kappa shape index (κ2) is 5.85. The molecule has 1 heterocycles. The van der Waals surface area contributed by atoms with Crippen molar-refractivity contribution in [2.75, 3.05) is 6.54 Å². The Kier molecular flexibility index (Phi) is 4.75. The van der Waals surface area contributed by atoms with E-state index in [1.165, 1.54) is 4.90 Å². The standard InChI is InChI=1S/C11H19NO3/c1-2-9(13)7-8-12-10(14)5-3-4-6-11(12)15/h9,13H,2-8H2,1H3. The first kappa shape index (κ1) is 12.2. The molecule has 0 spiro atoms. The molecular formula is C11H19NO3. The summed E-state index contributed by atoms with van der Waals surface area (Å²) in [7, 11) is 0. The lowest BCUT2D eigenvalue weighted by Gasteiger charge is -2.19. The number of aliphatic hydroxyl groups excluding tert-OH is 1. The molecule has 1 aliphatic heterocycles. The van der Waals surface area contributed by atoms with Crippen LogP contribution in [0, 0.1) is 0 Å². The molecule has 1 saturated heterocycles. The Hall–Kier alpha value is -0.900. The van der Waals surface area contributed by atoms with Crippen LogP contribution in [0.1, 0.15) is 45.4 Å². The maximum atomic E-state index is 11.5. The predicted molar refractivity (Wildman–Crippen MR) is 56.1 cm³/mol. The van der Waals surface area contributed by atoms with Crippen LogP contribution < -0.4 is 0 Å². The van der Waals surface area contributed by atoms with Crippen molar-refractivity contribution >= 4 is 11.8 Å². The zero-order valence-electron chi connectivity index (χ0n) is 9.24. The lowest BCUT2D eigenvalue weighted by Crippen LogP contribution is -2.37. The number of nitrogens with zero attached hydrogens (tertiary/aromatic N) is 1. The fourth-order valence-corrected chi connectivity index (χ4v) is 1.69. The van der Waals surface area contributed by atoms with E-state index in [0.29, 0.717) is 32.2 Å². The molecule has 0 aromatic rings. The number of likely N-dealkylation sites (tertiary alicyclic amines) is 1. The molecular weight excluding hydrogens is 194 g/mol. The number of hydrogen-bond acceptors (Lipinski definition) is 3. The zero-order chi connectivity index (χ0) is 11.3. The normalized spacial score (nSPS) is 20.3. The van der Waals surface area contributed by atoms with Crippen molar-refractivity contribution in [1.82, 2.24) is 4.90 Å². The minimum atomic E-state index is -0.408. The van der Waals surface area contributed by atoms with Gasteiger partial charge in [0.25, 0.3) is 0 Å². The first-order chi connectivity index (χ1) is 7.15. The maximum absolute atomic E-state index is 11.5. The fourth-order valence-electron chi connectivity index (χ4n) is 1.69. The minimum absolute atomic E-state index is 0.0826. The molecule has 1 atom stereocenters. The van der Waals surface area contributed by atoms with Gasteiger partial charge in [-0.3, -0.25) is 14.5 Å². The van der Waals surface area contributed by atoms with Gasteiger partial charge in [-0.25, -0.2) is 0 Å². The average Bonchev–Trinajstić information content (AvgIpc) is 2.38. The van der Waals surface area contributed by atoms with Gasteiger partial charge in [0.05, 0.1) is 6.10 Å². The van der Waals surface area contributed by atoms with Gasteiger partial charge >= 0.3 is 0 Å². The molecule has 1 aliphatic rings. The van der Waals surface area contributed by atoms with Gasteiger partial charge in [0, 0.05) is 19.4 Å². The van der Waals surface area contributed by atoms with E-state index in [2.05, 4.69) is 0 Å². The summed E-state index contributed by atoms with van der Waals surface area (Å²) in [5.41, 5.74) is 0. The molecule has 1 N–H and O–H groups in total. The van der Waals surface area contributed by atoms with E-state index in [1.54, 1.807) is 0 Å². The zero-order valence-corrected chi connectivity index (χ0v) is 9.24. The van der Waals surface area contributed by atoms with Gasteiger partial charge in [-0.05, 0) is 25.7 Å². The smallest absolute Gasteiger partial charge is 0.229 e. The number of aliphatic hydroxyl groups is 1. The van der Waals surface area contributed by atoms with Gasteiger partial charge in [0.15, 0.2) is 0 Å². The van der Waals surface area contributed by atoms with Gasteiger partial charge in [-0.1, -0.05) is 6.92 Å². The summed E-state index contributed by atoms with van der Waals surface area (Å²) < 4.78 is 0. The first-order valence-electron chi connectivity index (χ1n) is 5.66. The summed E-state index contributed by atoms with van der Waals surface area (Å²) in [6, 6.07) is 0. The van der Waals surface area contributed by atoms with Gasteiger partial charge in [0.2, 0.25) is 11.8 Å². The number of carbonyl (C=O) groups excluding carboxylic acids is 2. The van der Waals surface area contributed by atoms with Crippen LogP contribution in [0.4, 0.5) is 0 Å². The molecule has 2 amide bonds. The van der Waals surface area contributed by atoms with Crippen LogP contribution >= 0.6 is 0 Å². The molecule has 0 bridgehead atoms. The lowest BCUT2D eigenvalue weighted by molar-refractivity contribution is -0.144. The van der Waals surface area contributed by atoms with Crippen LogP contribution in [-0.4, -0.2) is 34.5 Å². The van der Waals surface area contributed by atoms with E-state index in [9.17, 15) is 14.7 Å². The highest BCUT2D eigenvalue weighted by Crippen LogP contribution is 2.13. The Morgan fingerprint density at radius 1 is 1.27 bits per heavy atom. The molecule has 4 nitrogen and oxygen atoms in total. The Labute approximate surface area is 90.3 Å². The monoisotopic (exact) mass is 213 g/mol. The highest BCUT2D eigenvalue weighted by atomic mass is 16.3. The van der Waals surface area contributed by atoms with Crippen LogP contribution in [0.15, 0.2) is 0 Å². The first-order valence-corrected chi connectivity index (χ1v) is 5.66. The molecule has 0 aromatic heterocycles. The largest absolute Gasteiger partial charge is 0.393 e. The SMILES string of the molecule is CCC(O)CCN1C(=O)CCCCC1=O. The van der Waals surface area contributed by atoms with Crippen LogP contribution in [0.5, 0.6) is 0 Å². The Balaban J connectivity index is 2.48. The summed E-state index contributed by atoms with van der Waals surface area (Å²) in [6.07, 6.45) is 3.29.